The number of rotatable bonds is 6. The molecule has 0 spiro atoms. The van der Waals surface area contributed by atoms with Gasteiger partial charge < -0.3 is 20.1 Å². The van der Waals surface area contributed by atoms with E-state index in [0.29, 0.717) is 30.9 Å². The third-order valence-corrected chi connectivity index (χ3v) is 4.68. The van der Waals surface area contributed by atoms with Gasteiger partial charge in [-0.05, 0) is 43.9 Å². The Balaban J connectivity index is 1.98. The summed E-state index contributed by atoms with van der Waals surface area (Å²) in [6.07, 6.45) is 2.58. The Morgan fingerprint density at radius 2 is 1.92 bits per heavy atom. The lowest BCUT2D eigenvalue weighted by molar-refractivity contribution is -0.137. The van der Waals surface area contributed by atoms with E-state index in [1.807, 2.05) is 25.1 Å². The van der Waals surface area contributed by atoms with Gasteiger partial charge >= 0.3 is 0 Å². The summed E-state index contributed by atoms with van der Waals surface area (Å²) >= 11 is 0. The van der Waals surface area contributed by atoms with Gasteiger partial charge in [0, 0.05) is 19.0 Å². The molecule has 6 nitrogen and oxygen atoms in total. The Bertz CT molecular complexity index is 603. The van der Waals surface area contributed by atoms with E-state index in [-0.39, 0.29) is 23.8 Å². The van der Waals surface area contributed by atoms with Gasteiger partial charge in [-0.3, -0.25) is 9.59 Å². The summed E-state index contributed by atoms with van der Waals surface area (Å²) in [6.45, 7) is 2.45. The predicted molar refractivity (Wildman–Crippen MR) is 91.0 cm³/mol. The van der Waals surface area contributed by atoms with Gasteiger partial charge in [0.25, 0.3) is 0 Å². The first-order valence-corrected chi connectivity index (χ1v) is 8.26. The number of hydrogen-bond acceptors (Lipinski definition) is 4. The van der Waals surface area contributed by atoms with Gasteiger partial charge in [-0.25, -0.2) is 0 Å². The van der Waals surface area contributed by atoms with Crippen LogP contribution in [0.4, 0.5) is 0 Å². The van der Waals surface area contributed by atoms with Crippen LogP contribution in [-0.2, 0) is 16.0 Å². The van der Waals surface area contributed by atoms with Gasteiger partial charge in [-0.1, -0.05) is 6.07 Å². The average molecular weight is 334 g/mol. The summed E-state index contributed by atoms with van der Waals surface area (Å²) in [5, 5.41) is 0. The number of carbonyl (C=O) groups excluding carboxylic acids is 2. The van der Waals surface area contributed by atoms with E-state index < -0.39 is 0 Å². The highest BCUT2D eigenvalue weighted by Gasteiger charge is 2.31. The summed E-state index contributed by atoms with van der Waals surface area (Å²) in [5.74, 6) is 0.832. The molecular weight excluding hydrogens is 308 g/mol. The molecule has 1 fully saturated rings. The molecule has 1 aromatic carbocycles. The number of aryl methyl sites for hydroxylation is 1. The Labute approximate surface area is 142 Å². The Morgan fingerprint density at radius 3 is 2.54 bits per heavy atom. The van der Waals surface area contributed by atoms with Crippen molar-refractivity contribution >= 4 is 11.8 Å². The highest BCUT2D eigenvalue weighted by molar-refractivity contribution is 5.80. The first kappa shape index (κ1) is 18.1. The zero-order valence-corrected chi connectivity index (χ0v) is 14.6. The minimum Gasteiger partial charge on any atom is -0.493 e. The molecule has 1 aliphatic rings. The van der Waals surface area contributed by atoms with Crippen molar-refractivity contribution in [2.75, 3.05) is 20.8 Å². The minimum atomic E-state index is -0.320. The molecule has 1 aliphatic heterocycles. The molecule has 132 valence electrons. The smallest absolute Gasteiger partial charge is 0.223 e. The lowest BCUT2D eigenvalue weighted by Crippen LogP contribution is -2.48. The monoisotopic (exact) mass is 334 g/mol. The average Bonchev–Trinajstić information content (AvgIpc) is 2.59. The molecule has 24 heavy (non-hydrogen) atoms. The van der Waals surface area contributed by atoms with Crippen LogP contribution in [0.5, 0.6) is 11.5 Å². The lowest BCUT2D eigenvalue weighted by atomic mass is 9.92. The van der Waals surface area contributed by atoms with E-state index in [9.17, 15) is 9.59 Å². The molecular formula is C18H26N2O4. The fraction of sp³-hybridized carbons (Fsp3) is 0.556. The third-order valence-electron chi connectivity index (χ3n) is 4.68. The maximum absolute atomic E-state index is 12.5. The number of methoxy groups -OCH3 is 2. The highest BCUT2D eigenvalue weighted by Crippen LogP contribution is 2.28. The molecule has 0 unspecified atom stereocenters. The van der Waals surface area contributed by atoms with Crippen molar-refractivity contribution in [1.82, 2.24) is 4.90 Å². The predicted octanol–water partition coefficient (Wildman–Crippen LogP) is 1.75. The number of piperidine rings is 1. The molecule has 0 aromatic heterocycles. The topological polar surface area (TPSA) is 81.9 Å². The van der Waals surface area contributed by atoms with Gasteiger partial charge in [0.15, 0.2) is 11.5 Å². The number of primary amides is 1. The van der Waals surface area contributed by atoms with Crippen molar-refractivity contribution in [3.05, 3.63) is 23.8 Å². The molecule has 2 atom stereocenters. The first-order chi connectivity index (χ1) is 11.5. The zero-order valence-electron chi connectivity index (χ0n) is 14.6. The third kappa shape index (κ3) is 4.19. The minimum absolute atomic E-state index is 0.0586. The maximum atomic E-state index is 12.5. The van der Waals surface area contributed by atoms with Crippen LogP contribution < -0.4 is 15.2 Å². The maximum Gasteiger partial charge on any atom is 0.223 e. The van der Waals surface area contributed by atoms with Crippen molar-refractivity contribution < 1.29 is 19.1 Å². The van der Waals surface area contributed by atoms with Gasteiger partial charge in [0.2, 0.25) is 11.8 Å². The van der Waals surface area contributed by atoms with Gasteiger partial charge in [-0.15, -0.1) is 0 Å². The van der Waals surface area contributed by atoms with Crippen LogP contribution in [0.1, 0.15) is 31.7 Å². The molecule has 1 saturated heterocycles. The Kier molecular flexibility index (Phi) is 6.06. The fourth-order valence-electron chi connectivity index (χ4n) is 3.12. The second-order valence-corrected chi connectivity index (χ2v) is 6.26. The van der Waals surface area contributed by atoms with Crippen LogP contribution in [0.25, 0.3) is 0 Å². The van der Waals surface area contributed by atoms with Crippen molar-refractivity contribution in [3.8, 4) is 11.5 Å². The number of ether oxygens (including phenoxy) is 2. The standard InChI is InChI=1S/C18H26N2O4/c1-12-4-7-14(18(19)22)11-20(12)17(21)9-6-13-5-8-15(23-2)16(10-13)24-3/h5,8,10,12,14H,4,6-7,9,11H2,1-3H3,(H2,19,22)/t12-,14+/m0/s1. The van der Waals surface area contributed by atoms with Crippen molar-refractivity contribution in [2.24, 2.45) is 11.7 Å². The summed E-state index contributed by atoms with van der Waals surface area (Å²) in [6, 6.07) is 5.81. The molecule has 1 aromatic rings. The fourth-order valence-corrected chi connectivity index (χ4v) is 3.12. The molecule has 0 saturated carbocycles. The van der Waals surface area contributed by atoms with Gasteiger partial charge in [0.05, 0.1) is 20.1 Å². The molecule has 0 bridgehead atoms. The van der Waals surface area contributed by atoms with Crippen molar-refractivity contribution in [2.45, 2.75) is 38.6 Å². The number of likely N-dealkylation sites (tertiary alicyclic amines) is 1. The molecule has 6 heteroatoms. The second kappa shape index (κ2) is 8.04. The van der Waals surface area contributed by atoms with E-state index in [1.165, 1.54) is 0 Å². The van der Waals surface area contributed by atoms with Crippen molar-refractivity contribution in [3.63, 3.8) is 0 Å². The van der Waals surface area contributed by atoms with Gasteiger partial charge in [0.1, 0.15) is 0 Å². The van der Waals surface area contributed by atoms with Crippen LogP contribution in [0.15, 0.2) is 18.2 Å². The summed E-state index contributed by atoms with van der Waals surface area (Å²) in [7, 11) is 3.18. The molecule has 2 N–H and O–H groups in total. The highest BCUT2D eigenvalue weighted by atomic mass is 16.5. The molecule has 2 amide bonds. The molecule has 0 aliphatic carbocycles. The first-order valence-electron chi connectivity index (χ1n) is 8.26. The van der Waals surface area contributed by atoms with Crippen LogP contribution in [-0.4, -0.2) is 43.5 Å². The van der Waals surface area contributed by atoms with Crippen LogP contribution in [0, 0.1) is 5.92 Å². The summed E-state index contributed by atoms with van der Waals surface area (Å²) in [5.41, 5.74) is 6.41. The van der Waals surface area contributed by atoms with Gasteiger partial charge in [-0.2, -0.15) is 0 Å². The number of nitrogens with zero attached hydrogens (tertiary/aromatic N) is 1. The SMILES string of the molecule is COc1ccc(CCC(=O)N2C[C@H](C(N)=O)CC[C@@H]2C)cc1OC. The van der Waals surface area contributed by atoms with E-state index in [2.05, 4.69) is 0 Å². The van der Waals surface area contributed by atoms with E-state index in [4.69, 9.17) is 15.2 Å². The summed E-state index contributed by atoms with van der Waals surface area (Å²) < 4.78 is 10.5. The Morgan fingerprint density at radius 1 is 1.21 bits per heavy atom. The van der Waals surface area contributed by atoms with Crippen molar-refractivity contribution in [1.29, 1.82) is 0 Å². The van der Waals surface area contributed by atoms with E-state index in [0.717, 1.165) is 18.4 Å². The van der Waals surface area contributed by atoms with Crippen LogP contribution in [0.3, 0.4) is 0 Å². The Hall–Kier alpha value is -2.24. The molecule has 1 heterocycles. The van der Waals surface area contributed by atoms with E-state index >= 15 is 0 Å². The number of benzene rings is 1. The number of carbonyl (C=O) groups is 2. The number of amides is 2. The van der Waals surface area contributed by atoms with Crippen LogP contribution in [0.2, 0.25) is 0 Å². The van der Waals surface area contributed by atoms with Crippen LogP contribution >= 0.6 is 0 Å². The normalized spacial score (nSPS) is 20.5. The largest absolute Gasteiger partial charge is 0.493 e. The number of nitrogens with two attached hydrogens (primary N) is 1. The lowest BCUT2D eigenvalue weighted by Gasteiger charge is -2.37. The molecule has 2 rings (SSSR count). The quantitative estimate of drug-likeness (QED) is 0.859. The molecule has 0 radical (unpaired) electrons. The number of hydrogen-bond donors (Lipinski definition) is 1. The summed E-state index contributed by atoms with van der Waals surface area (Å²) in [4.78, 5) is 25.7. The zero-order chi connectivity index (χ0) is 17.7. The second-order valence-electron chi connectivity index (χ2n) is 6.26. The van der Waals surface area contributed by atoms with E-state index in [1.54, 1.807) is 19.1 Å².